The molecule has 2 amide bonds. The van der Waals surface area contributed by atoms with Crippen molar-refractivity contribution in [3.05, 3.63) is 29.7 Å². The molecule has 0 saturated carbocycles. The van der Waals surface area contributed by atoms with Crippen LogP contribution in [-0.4, -0.2) is 49.7 Å². The van der Waals surface area contributed by atoms with E-state index in [9.17, 15) is 9.59 Å². The number of aromatic nitrogens is 4. The van der Waals surface area contributed by atoms with Gasteiger partial charge in [-0.15, -0.1) is 0 Å². The third kappa shape index (κ3) is 3.38. The average Bonchev–Trinajstić information content (AvgIpc) is 3.08. The molecular weight excluding hydrogens is 300 g/mol. The molecule has 122 valence electrons. The van der Waals surface area contributed by atoms with Gasteiger partial charge in [-0.2, -0.15) is 10.1 Å². The Morgan fingerprint density at radius 3 is 2.96 bits per heavy atom. The number of hydrogen-bond donors (Lipinski definition) is 1. The van der Waals surface area contributed by atoms with Gasteiger partial charge in [0.1, 0.15) is 0 Å². The number of fused-ring (bicyclic) bond motifs is 1. The van der Waals surface area contributed by atoms with Crippen molar-refractivity contribution < 1.29 is 14.1 Å². The molecule has 0 unspecified atom stereocenters. The Balaban J connectivity index is 1.82. The summed E-state index contributed by atoms with van der Waals surface area (Å²) in [5.74, 6) is 0.515. The van der Waals surface area contributed by atoms with Crippen LogP contribution in [0.25, 0.3) is 0 Å². The van der Waals surface area contributed by atoms with Gasteiger partial charge in [-0.25, -0.2) is 0 Å². The van der Waals surface area contributed by atoms with Crippen molar-refractivity contribution >= 4 is 11.8 Å². The third-order valence-electron chi connectivity index (χ3n) is 3.73. The lowest BCUT2D eigenvalue weighted by molar-refractivity contribution is -0.133. The Morgan fingerprint density at radius 2 is 2.26 bits per heavy atom. The normalized spacial score (nSPS) is 17.5. The quantitative estimate of drug-likeness (QED) is 0.842. The molecule has 1 aliphatic rings. The first kappa shape index (κ1) is 15.2. The molecule has 1 N–H and O–H groups in total. The van der Waals surface area contributed by atoms with Crippen LogP contribution < -0.4 is 5.32 Å². The van der Waals surface area contributed by atoms with Gasteiger partial charge in [-0.3, -0.25) is 14.3 Å². The fourth-order valence-corrected chi connectivity index (χ4v) is 2.59. The maximum atomic E-state index is 12.4. The number of rotatable bonds is 3. The van der Waals surface area contributed by atoms with Gasteiger partial charge in [-0.1, -0.05) is 5.16 Å². The summed E-state index contributed by atoms with van der Waals surface area (Å²) < 4.78 is 7.11. The van der Waals surface area contributed by atoms with Crippen molar-refractivity contribution in [2.24, 2.45) is 0 Å². The summed E-state index contributed by atoms with van der Waals surface area (Å²) in [7, 11) is 0. The van der Waals surface area contributed by atoms with Gasteiger partial charge in [0.2, 0.25) is 17.7 Å². The van der Waals surface area contributed by atoms with Gasteiger partial charge >= 0.3 is 0 Å². The number of nitrogens with one attached hydrogen (secondary N) is 1. The molecule has 1 aliphatic heterocycles. The summed E-state index contributed by atoms with van der Waals surface area (Å²) in [5.41, 5.74) is 0.930. The van der Waals surface area contributed by atoms with E-state index in [1.165, 1.54) is 6.92 Å². The second-order valence-electron chi connectivity index (χ2n) is 5.57. The molecule has 3 rings (SSSR count). The van der Waals surface area contributed by atoms with Crippen LogP contribution in [0, 0.1) is 6.92 Å². The number of carbonyl (C=O) groups excluding carboxylic acids is 2. The van der Waals surface area contributed by atoms with Crippen LogP contribution in [0.4, 0.5) is 0 Å². The summed E-state index contributed by atoms with van der Waals surface area (Å²) >= 11 is 0. The van der Waals surface area contributed by atoms with Crippen molar-refractivity contribution in [1.29, 1.82) is 0 Å². The molecule has 0 spiro atoms. The highest BCUT2D eigenvalue weighted by atomic mass is 16.5. The number of carbonyl (C=O) groups is 2. The minimum atomic E-state index is -0.234. The maximum absolute atomic E-state index is 12.4. The average molecular weight is 318 g/mol. The van der Waals surface area contributed by atoms with Crippen molar-refractivity contribution in [2.45, 2.75) is 32.9 Å². The summed E-state index contributed by atoms with van der Waals surface area (Å²) in [6.07, 6.45) is 1.70. The molecule has 23 heavy (non-hydrogen) atoms. The van der Waals surface area contributed by atoms with E-state index in [2.05, 4.69) is 20.6 Å². The van der Waals surface area contributed by atoms with E-state index in [-0.39, 0.29) is 24.3 Å². The highest BCUT2D eigenvalue weighted by Gasteiger charge is 2.29. The SMILES string of the molecule is CC(=O)NCC(=O)N1Cc2ccnn2C[C@H](c2nc(C)no2)C1. The first-order valence-electron chi connectivity index (χ1n) is 7.36. The Labute approximate surface area is 132 Å². The molecule has 9 heteroatoms. The molecule has 9 nitrogen and oxygen atoms in total. The maximum Gasteiger partial charge on any atom is 0.242 e. The number of hydrogen-bond acceptors (Lipinski definition) is 6. The monoisotopic (exact) mass is 318 g/mol. The van der Waals surface area contributed by atoms with E-state index in [1.807, 2.05) is 10.7 Å². The zero-order chi connectivity index (χ0) is 16.4. The van der Waals surface area contributed by atoms with Gasteiger partial charge < -0.3 is 14.7 Å². The van der Waals surface area contributed by atoms with Crippen LogP contribution in [0.5, 0.6) is 0 Å². The lowest BCUT2D eigenvalue weighted by atomic mass is 10.1. The molecule has 0 fully saturated rings. The van der Waals surface area contributed by atoms with Crippen LogP contribution in [0.3, 0.4) is 0 Å². The third-order valence-corrected chi connectivity index (χ3v) is 3.73. The van der Waals surface area contributed by atoms with Crippen LogP contribution in [0.1, 0.15) is 30.3 Å². The predicted molar refractivity (Wildman–Crippen MR) is 78.1 cm³/mol. The topological polar surface area (TPSA) is 106 Å². The Morgan fingerprint density at radius 1 is 1.43 bits per heavy atom. The van der Waals surface area contributed by atoms with Crippen LogP contribution in [-0.2, 0) is 22.7 Å². The van der Waals surface area contributed by atoms with Crippen LogP contribution in [0.15, 0.2) is 16.8 Å². The molecular formula is C14H18N6O3. The predicted octanol–water partition coefficient (Wildman–Crippen LogP) is -0.163. The highest BCUT2D eigenvalue weighted by molar-refractivity contribution is 5.83. The zero-order valence-corrected chi connectivity index (χ0v) is 13.0. The van der Waals surface area contributed by atoms with E-state index in [0.29, 0.717) is 31.3 Å². The largest absolute Gasteiger partial charge is 0.347 e. The molecule has 0 bridgehead atoms. The molecule has 1 atom stereocenters. The van der Waals surface area contributed by atoms with Crippen molar-refractivity contribution in [1.82, 2.24) is 30.1 Å². The van der Waals surface area contributed by atoms with Crippen LogP contribution in [0.2, 0.25) is 0 Å². The van der Waals surface area contributed by atoms with E-state index >= 15 is 0 Å². The van der Waals surface area contributed by atoms with Crippen molar-refractivity contribution in [2.75, 3.05) is 13.1 Å². The van der Waals surface area contributed by atoms with Gasteiger partial charge in [0.05, 0.1) is 31.2 Å². The standard InChI is InChI=1S/C14H18N6O3/c1-9-17-14(23-18-9)11-6-19(13(22)5-15-10(2)21)8-12-3-4-16-20(12)7-11/h3-4,11H,5-8H2,1-2H3,(H,15,21)/t11-/m1/s1. The zero-order valence-electron chi connectivity index (χ0n) is 13.0. The smallest absolute Gasteiger partial charge is 0.242 e. The van der Waals surface area contributed by atoms with Gasteiger partial charge in [0.25, 0.3) is 0 Å². The number of aryl methyl sites for hydroxylation is 1. The summed E-state index contributed by atoms with van der Waals surface area (Å²) in [6, 6.07) is 1.88. The Kier molecular flexibility index (Phi) is 4.09. The van der Waals surface area contributed by atoms with E-state index in [1.54, 1.807) is 18.0 Å². The highest BCUT2D eigenvalue weighted by Crippen LogP contribution is 2.23. The van der Waals surface area contributed by atoms with Gasteiger partial charge in [-0.05, 0) is 13.0 Å². The van der Waals surface area contributed by atoms with Crippen LogP contribution >= 0.6 is 0 Å². The van der Waals surface area contributed by atoms with E-state index in [0.717, 1.165) is 5.69 Å². The number of nitrogens with zero attached hydrogens (tertiary/aromatic N) is 5. The molecule has 0 aliphatic carbocycles. The molecule has 0 radical (unpaired) electrons. The lowest BCUT2D eigenvalue weighted by Crippen LogP contribution is -2.40. The van der Waals surface area contributed by atoms with E-state index in [4.69, 9.17) is 4.52 Å². The van der Waals surface area contributed by atoms with Gasteiger partial charge in [0, 0.05) is 19.7 Å². The van der Waals surface area contributed by atoms with Crippen molar-refractivity contribution in [3.63, 3.8) is 0 Å². The van der Waals surface area contributed by atoms with Gasteiger partial charge in [0.15, 0.2) is 5.82 Å². The molecule has 2 aromatic rings. The molecule has 0 aromatic carbocycles. The Hall–Kier alpha value is -2.71. The lowest BCUT2D eigenvalue weighted by Gasteiger charge is -2.22. The first-order chi connectivity index (χ1) is 11.0. The van der Waals surface area contributed by atoms with E-state index < -0.39 is 0 Å². The second kappa shape index (κ2) is 6.19. The second-order valence-corrected chi connectivity index (χ2v) is 5.57. The molecule has 0 saturated heterocycles. The fraction of sp³-hybridized carbons (Fsp3) is 0.500. The summed E-state index contributed by atoms with van der Waals surface area (Å²) in [5, 5.41) is 10.6. The summed E-state index contributed by atoms with van der Waals surface area (Å²) in [6.45, 7) is 4.54. The minimum absolute atomic E-state index is 0.0287. The Bertz CT molecular complexity index is 722. The number of amides is 2. The fourth-order valence-electron chi connectivity index (χ4n) is 2.59. The molecule has 2 aromatic heterocycles. The summed E-state index contributed by atoms with van der Waals surface area (Å²) in [4.78, 5) is 29.4. The minimum Gasteiger partial charge on any atom is -0.347 e. The molecule has 3 heterocycles. The first-order valence-corrected chi connectivity index (χ1v) is 7.36. The van der Waals surface area contributed by atoms with Crippen molar-refractivity contribution in [3.8, 4) is 0 Å².